The maximum atomic E-state index is 11.2. The van der Waals surface area contributed by atoms with Gasteiger partial charge in [0.2, 0.25) is 0 Å². The van der Waals surface area contributed by atoms with Crippen molar-refractivity contribution in [2.75, 3.05) is 0 Å². The Morgan fingerprint density at radius 3 is 2.70 bits per heavy atom. The third-order valence-electron chi connectivity index (χ3n) is 2.62. The lowest BCUT2D eigenvalue weighted by Crippen LogP contribution is -2.08. The van der Waals surface area contributed by atoms with Gasteiger partial charge < -0.3 is 9.84 Å². The molecule has 0 unspecified atom stereocenters. The second-order valence-electron chi connectivity index (χ2n) is 3.95. The molecule has 0 spiro atoms. The van der Waals surface area contributed by atoms with E-state index in [2.05, 4.69) is 0 Å². The van der Waals surface area contributed by atoms with Gasteiger partial charge in [-0.3, -0.25) is 10.1 Å². The number of nitro benzene ring substituents is 1. The minimum Gasteiger partial charge on any atom is -0.477 e. The molecule has 1 aromatic carbocycles. The van der Waals surface area contributed by atoms with Gasteiger partial charge in [-0.15, -0.1) is 11.3 Å². The molecule has 2 rings (SSSR count). The zero-order valence-electron chi connectivity index (χ0n) is 10.3. The molecule has 7 heteroatoms. The smallest absolute Gasteiger partial charge is 0.343 e. The second kappa shape index (κ2) is 6.27. The van der Waals surface area contributed by atoms with Crippen molar-refractivity contribution in [3.8, 4) is 0 Å². The number of carboxylic acids is 1. The van der Waals surface area contributed by atoms with Crippen molar-refractivity contribution < 1.29 is 19.6 Å². The molecule has 0 aliphatic carbocycles. The number of rotatable bonds is 6. The van der Waals surface area contributed by atoms with Gasteiger partial charge >= 0.3 is 5.97 Å². The molecule has 0 fully saturated rings. The molecule has 0 atom stereocenters. The standard InChI is InChI=1S/C13H11NO5S/c15-13(16)12-9(3-1-5-11(12)14(17)18)7-19-8-10-4-2-6-20-10/h1-6H,7-8H2,(H,15,16). The highest BCUT2D eigenvalue weighted by Crippen LogP contribution is 2.23. The highest BCUT2D eigenvalue weighted by molar-refractivity contribution is 7.09. The van der Waals surface area contributed by atoms with E-state index < -0.39 is 16.6 Å². The Morgan fingerprint density at radius 2 is 2.10 bits per heavy atom. The highest BCUT2D eigenvalue weighted by atomic mass is 32.1. The first-order valence-electron chi connectivity index (χ1n) is 5.69. The van der Waals surface area contributed by atoms with Gasteiger partial charge in [0.05, 0.1) is 18.1 Å². The third kappa shape index (κ3) is 3.19. The predicted molar refractivity (Wildman–Crippen MR) is 72.9 cm³/mol. The SMILES string of the molecule is O=C(O)c1c(COCc2cccs2)cccc1[N+](=O)[O-]. The molecule has 0 radical (unpaired) electrons. The van der Waals surface area contributed by atoms with Crippen molar-refractivity contribution in [2.24, 2.45) is 0 Å². The van der Waals surface area contributed by atoms with Crippen LogP contribution in [-0.2, 0) is 18.0 Å². The van der Waals surface area contributed by atoms with Gasteiger partial charge in [-0.1, -0.05) is 18.2 Å². The van der Waals surface area contributed by atoms with Crippen molar-refractivity contribution in [2.45, 2.75) is 13.2 Å². The highest BCUT2D eigenvalue weighted by Gasteiger charge is 2.23. The fourth-order valence-electron chi connectivity index (χ4n) is 1.76. The van der Waals surface area contributed by atoms with E-state index in [-0.39, 0.29) is 12.2 Å². The Morgan fingerprint density at radius 1 is 1.30 bits per heavy atom. The summed E-state index contributed by atoms with van der Waals surface area (Å²) in [6.07, 6.45) is 0. The van der Waals surface area contributed by atoms with E-state index in [1.807, 2.05) is 17.5 Å². The topological polar surface area (TPSA) is 89.7 Å². The predicted octanol–water partition coefficient (Wildman–Crippen LogP) is 3.07. The van der Waals surface area contributed by atoms with Crippen LogP contribution in [-0.4, -0.2) is 16.0 Å². The van der Waals surface area contributed by atoms with Crippen LogP contribution in [0.3, 0.4) is 0 Å². The minimum atomic E-state index is -1.33. The Balaban J connectivity index is 2.16. The van der Waals surface area contributed by atoms with Crippen LogP contribution in [0.2, 0.25) is 0 Å². The van der Waals surface area contributed by atoms with Crippen molar-refractivity contribution in [1.29, 1.82) is 0 Å². The van der Waals surface area contributed by atoms with E-state index in [1.165, 1.54) is 29.5 Å². The van der Waals surface area contributed by atoms with Crippen molar-refractivity contribution in [3.05, 3.63) is 61.8 Å². The largest absolute Gasteiger partial charge is 0.477 e. The van der Waals surface area contributed by atoms with Gasteiger partial charge in [0.25, 0.3) is 5.69 Å². The lowest BCUT2D eigenvalue weighted by atomic mass is 10.1. The van der Waals surface area contributed by atoms with Gasteiger partial charge in [-0.05, 0) is 17.0 Å². The number of hydrogen-bond donors (Lipinski definition) is 1. The van der Waals surface area contributed by atoms with Crippen molar-refractivity contribution >= 4 is 23.0 Å². The van der Waals surface area contributed by atoms with E-state index in [1.54, 1.807) is 0 Å². The molecule has 0 amide bonds. The van der Waals surface area contributed by atoms with E-state index in [9.17, 15) is 14.9 Å². The van der Waals surface area contributed by atoms with Crippen molar-refractivity contribution in [1.82, 2.24) is 0 Å². The number of nitro groups is 1. The number of thiophene rings is 1. The molecule has 1 aromatic heterocycles. The zero-order chi connectivity index (χ0) is 14.5. The number of aromatic carboxylic acids is 1. The summed E-state index contributed by atoms with van der Waals surface area (Å²) in [5.74, 6) is -1.33. The summed E-state index contributed by atoms with van der Waals surface area (Å²) in [5, 5.41) is 21.9. The van der Waals surface area contributed by atoms with Crippen LogP contribution in [0, 0.1) is 10.1 Å². The first-order chi connectivity index (χ1) is 9.59. The molecule has 1 heterocycles. The molecule has 1 N–H and O–H groups in total. The summed E-state index contributed by atoms with van der Waals surface area (Å²) in [6.45, 7) is 0.362. The van der Waals surface area contributed by atoms with Crippen LogP contribution in [0.15, 0.2) is 35.7 Å². The first kappa shape index (κ1) is 14.2. The van der Waals surface area contributed by atoms with Gasteiger partial charge in [0.15, 0.2) is 0 Å². The maximum Gasteiger partial charge on any atom is 0.343 e. The van der Waals surface area contributed by atoms with E-state index in [0.717, 1.165) is 4.88 Å². The Labute approximate surface area is 118 Å². The van der Waals surface area contributed by atoms with Crippen LogP contribution >= 0.6 is 11.3 Å². The number of ether oxygens (including phenoxy) is 1. The fraction of sp³-hybridized carbons (Fsp3) is 0.154. The van der Waals surface area contributed by atoms with E-state index in [0.29, 0.717) is 12.2 Å². The van der Waals surface area contributed by atoms with Crippen LogP contribution in [0.1, 0.15) is 20.8 Å². The molecule has 0 aliphatic rings. The molecule has 0 saturated carbocycles. The zero-order valence-corrected chi connectivity index (χ0v) is 11.1. The molecular weight excluding hydrogens is 282 g/mol. The lowest BCUT2D eigenvalue weighted by molar-refractivity contribution is -0.385. The van der Waals surface area contributed by atoms with Crippen molar-refractivity contribution in [3.63, 3.8) is 0 Å². The molecule has 20 heavy (non-hydrogen) atoms. The summed E-state index contributed by atoms with van der Waals surface area (Å²) in [6, 6.07) is 7.93. The lowest BCUT2D eigenvalue weighted by Gasteiger charge is -2.07. The average molecular weight is 293 g/mol. The van der Waals surface area contributed by atoms with E-state index >= 15 is 0 Å². The van der Waals surface area contributed by atoms with Gasteiger partial charge in [0.1, 0.15) is 5.56 Å². The molecule has 104 valence electrons. The molecule has 0 bridgehead atoms. The van der Waals surface area contributed by atoms with Crippen LogP contribution in [0.5, 0.6) is 0 Å². The second-order valence-corrected chi connectivity index (χ2v) is 4.98. The first-order valence-corrected chi connectivity index (χ1v) is 6.57. The Kier molecular flexibility index (Phi) is 4.44. The molecule has 2 aromatic rings. The van der Waals surface area contributed by atoms with Gasteiger partial charge in [-0.25, -0.2) is 4.79 Å². The van der Waals surface area contributed by atoms with Crippen LogP contribution in [0.4, 0.5) is 5.69 Å². The monoisotopic (exact) mass is 293 g/mol. The average Bonchev–Trinajstić information content (AvgIpc) is 2.91. The molecule has 0 saturated heterocycles. The van der Waals surface area contributed by atoms with Gasteiger partial charge in [-0.2, -0.15) is 0 Å². The summed E-state index contributed by atoms with van der Waals surface area (Å²) in [7, 11) is 0. The number of carbonyl (C=O) groups is 1. The summed E-state index contributed by atoms with van der Waals surface area (Å²) in [4.78, 5) is 22.3. The third-order valence-corrected chi connectivity index (χ3v) is 3.47. The molecular formula is C13H11NO5S. The summed E-state index contributed by atoms with van der Waals surface area (Å²) >= 11 is 1.53. The number of carboxylic acid groups (broad SMARTS) is 1. The van der Waals surface area contributed by atoms with Crippen LogP contribution in [0.25, 0.3) is 0 Å². The summed E-state index contributed by atoms with van der Waals surface area (Å²) in [5.41, 5.74) is -0.443. The van der Waals surface area contributed by atoms with Crippen LogP contribution < -0.4 is 0 Å². The number of nitrogens with zero attached hydrogens (tertiary/aromatic N) is 1. The Bertz CT molecular complexity index is 624. The van der Waals surface area contributed by atoms with E-state index in [4.69, 9.17) is 9.84 Å². The molecule has 0 aliphatic heterocycles. The minimum absolute atomic E-state index is 0.0151. The molecule has 6 nitrogen and oxygen atoms in total. The fourth-order valence-corrected chi connectivity index (χ4v) is 2.40. The quantitative estimate of drug-likeness (QED) is 0.653. The number of hydrogen-bond acceptors (Lipinski definition) is 5. The van der Waals surface area contributed by atoms with Gasteiger partial charge in [0, 0.05) is 10.9 Å². The number of benzene rings is 1. The normalized spacial score (nSPS) is 10.4. The maximum absolute atomic E-state index is 11.2. The summed E-state index contributed by atoms with van der Waals surface area (Å²) < 4.78 is 5.41. The Hall–Kier alpha value is -2.25.